The molecule has 0 saturated heterocycles. The molecule has 0 aliphatic heterocycles. The van der Waals surface area contributed by atoms with Crippen molar-refractivity contribution < 1.29 is 9.59 Å². The summed E-state index contributed by atoms with van der Waals surface area (Å²) in [6, 6.07) is 17.6. The molecule has 0 spiro atoms. The highest BCUT2D eigenvalue weighted by Crippen LogP contribution is 2.13. The topological polar surface area (TPSA) is 70.6 Å². The average Bonchev–Trinajstić information content (AvgIpc) is 2.63. The Labute approximate surface area is 148 Å². The van der Waals surface area contributed by atoms with E-state index in [9.17, 15) is 9.59 Å². The van der Waals surface area contributed by atoms with Gasteiger partial charge in [-0.2, -0.15) is 5.10 Å². The number of amides is 2. The van der Waals surface area contributed by atoms with E-state index in [0.717, 1.165) is 11.1 Å². The fraction of sp³-hybridized carbons (Fsp3) is 0.250. The maximum Gasteiger partial charge on any atom is 0.329 e. The third kappa shape index (κ3) is 6.22. The SMILES string of the molecule is CC(C)c1ccc(/C=N/NC(=O)C(=O)NCCc2ccccc2)cc1. The monoisotopic (exact) mass is 337 g/mol. The van der Waals surface area contributed by atoms with Gasteiger partial charge >= 0.3 is 11.8 Å². The van der Waals surface area contributed by atoms with Crippen molar-refractivity contribution in [1.29, 1.82) is 0 Å². The lowest BCUT2D eigenvalue weighted by Gasteiger charge is -2.05. The molecule has 0 atom stereocenters. The molecule has 0 bridgehead atoms. The fourth-order valence-corrected chi connectivity index (χ4v) is 2.23. The smallest absolute Gasteiger partial charge is 0.329 e. The quantitative estimate of drug-likeness (QED) is 0.483. The highest BCUT2D eigenvalue weighted by atomic mass is 16.2. The van der Waals surface area contributed by atoms with Gasteiger partial charge in [-0.3, -0.25) is 9.59 Å². The predicted octanol–water partition coefficient (Wildman–Crippen LogP) is 2.62. The Balaban J connectivity index is 1.74. The second-order valence-corrected chi connectivity index (χ2v) is 6.01. The maximum absolute atomic E-state index is 11.7. The van der Waals surface area contributed by atoms with Crippen LogP contribution in [0.2, 0.25) is 0 Å². The summed E-state index contributed by atoms with van der Waals surface area (Å²) in [4.78, 5) is 23.4. The zero-order valence-electron chi connectivity index (χ0n) is 14.5. The van der Waals surface area contributed by atoms with Crippen LogP contribution in [-0.2, 0) is 16.0 Å². The van der Waals surface area contributed by atoms with Crippen molar-refractivity contribution >= 4 is 18.0 Å². The van der Waals surface area contributed by atoms with Gasteiger partial charge in [-0.25, -0.2) is 5.43 Å². The first-order valence-electron chi connectivity index (χ1n) is 8.31. The minimum atomic E-state index is -0.775. The van der Waals surface area contributed by atoms with Crippen LogP contribution in [0.25, 0.3) is 0 Å². The first-order valence-corrected chi connectivity index (χ1v) is 8.31. The molecule has 0 aromatic heterocycles. The highest BCUT2D eigenvalue weighted by Gasteiger charge is 2.11. The first kappa shape index (κ1) is 18.4. The van der Waals surface area contributed by atoms with E-state index < -0.39 is 11.8 Å². The number of hydrogen-bond acceptors (Lipinski definition) is 3. The van der Waals surface area contributed by atoms with Crippen molar-refractivity contribution in [2.24, 2.45) is 5.10 Å². The van der Waals surface area contributed by atoms with E-state index in [-0.39, 0.29) is 0 Å². The lowest BCUT2D eigenvalue weighted by Crippen LogP contribution is -2.38. The Morgan fingerprint density at radius 2 is 1.68 bits per heavy atom. The summed E-state index contributed by atoms with van der Waals surface area (Å²) >= 11 is 0. The molecule has 25 heavy (non-hydrogen) atoms. The zero-order valence-corrected chi connectivity index (χ0v) is 14.5. The number of hydrogen-bond donors (Lipinski definition) is 2. The molecule has 2 amide bonds. The van der Waals surface area contributed by atoms with E-state index in [2.05, 4.69) is 29.7 Å². The molecule has 0 unspecified atom stereocenters. The van der Waals surface area contributed by atoms with Crippen LogP contribution in [0.15, 0.2) is 59.7 Å². The zero-order chi connectivity index (χ0) is 18.1. The molecule has 0 aliphatic carbocycles. The van der Waals surface area contributed by atoms with Gasteiger partial charge in [0.1, 0.15) is 0 Å². The fourth-order valence-electron chi connectivity index (χ4n) is 2.23. The van der Waals surface area contributed by atoms with Crippen molar-refractivity contribution in [2.75, 3.05) is 6.54 Å². The van der Waals surface area contributed by atoms with Crippen LogP contribution in [0.1, 0.15) is 36.5 Å². The molecule has 5 nitrogen and oxygen atoms in total. The van der Waals surface area contributed by atoms with E-state index in [4.69, 9.17) is 0 Å². The van der Waals surface area contributed by atoms with Gasteiger partial charge in [-0.15, -0.1) is 0 Å². The Morgan fingerprint density at radius 1 is 1.00 bits per heavy atom. The number of carbonyl (C=O) groups is 2. The minimum absolute atomic E-state index is 0.399. The van der Waals surface area contributed by atoms with E-state index in [0.29, 0.717) is 18.9 Å². The summed E-state index contributed by atoms with van der Waals surface area (Å²) in [5, 5.41) is 6.39. The van der Waals surface area contributed by atoms with Crippen LogP contribution in [0.5, 0.6) is 0 Å². The number of hydrazone groups is 1. The molecule has 0 saturated carbocycles. The summed E-state index contributed by atoms with van der Waals surface area (Å²) in [5.74, 6) is -1.00. The Morgan fingerprint density at radius 3 is 2.32 bits per heavy atom. The van der Waals surface area contributed by atoms with Crippen molar-refractivity contribution in [3.63, 3.8) is 0 Å². The van der Waals surface area contributed by atoms with Gasteiger partial charge in [-0.05, 0) is 29.0 Å². The van der Waals surface area contributed by atoms with Gasteiger partial charge in [0.05, 0.1) is 6.21 Å². The number of carbonyl (C=O) groups excluding carboxylic acids is 2. The van der Waals surface area contributed by atoms with Crippen LogP contribution in [-0.4, -0.2) is 24.6 Å². The molecular weight excluding hydrogens is 314 g/mol. The Hall–Kier alpha value is -2.95. The highest BCUT2D eigenvalue weighted by molar-refractivity contribution is 6.35. The van der Waals surface area contributed by atoms with E-state index in [1.807, 2.05) is 54.6 Å². The van der Waals surface area contributed by atoms with E-state index >= 15 is 0 Å². The lowest BCUT2D eigenvalue weighted by atomic mass is 10.0. The molecule has 2 aromatic carbocycles. The van der Waals surface area contributed by atoms with Gasteiger partial charge in [0, 0.05) is 6.54 Å². The van der Waals surface area contributed by atoms with Gasteiger partial charge in [0.15, 0.2) is 0 Å². The molecule has 5 heteroatoms. The molecule has 2 N–H and O–H groups in total. The maximum atomic E-state index is 11.7. The second-order valence-electron chi connectivity index (χ2n) is 6.01. The molecule has 0 heterocycles. The Kier molecular flexibility index (Phi) is 6.89. The van der Waals surface area contributed by atoms with Crippen LogP contribution in [0.3, 0.4) is 0 Å². The number of nitrogens with one attached hydrogen (secondary N) is 2. The number of rotatable bonds is 6. The molecule has 0 radical (unpaired) electrons. The van der Waals surface area contributed by atoms with Gasteiger partial charge < -0.3 is 5.32 Å². The molecule has 2 aromatic rings. The normalized spacial score (nSPS) is 10.8. The first-order chi connectivity index (χ1) is 12.1. The molecule has 0 aliphatic rings. The van der Waals surface area contributed by atoms with E-state index in [1.54, 1.807) is 0 Å². The Bertz CT molecular complexity index is 722. The lowest BCUT2D eigenvalue weighted by molar-refractivity contribution is -0.139. The van der Waals surface area contributed by atoms with Gasteiger partial charge in [0.25, 0.3) is 0 Å². The molecular formula is C20H23N3O2. The van der Waals surface area contributed by atoms with Crippen LogP contribution in [0, 0.1) is 0 Å². The second kappa shape index (κ2) is 9.37. The number of nitrogens with zero attached hydrogens (tertiary/aromatic N) is 1. The summed E-state index contributed by atoms with van der Waals surface area (Å²) in [7, 11) is 0. The minimum Gasteiger partial charge on any atom is -0.347 e. The summed E-state index contributed by atoms with van der Waals surface area (Å²) < 4.78 is 0. The van der Waals surface area contributed by atoms with Gasteiger partial charge in [-0.1, -0.05) is 68.4 Å². The number of benzene rings is 2. The van der Waals surface area contributed by atoms with E-state index in [1.165, 1.54) is 11.8 Å². The van der Waals surface area contributed by atoms with Crippen molar-refractivity contribution in [1.82, 2.24) is 10.7 Å². The predicted molar refractivity (Wildman–Crippen MR) is 99.4 cm³/mol. The molecule has 130 valence electrons. The van der Waals surface area contributed by atoms with Crippen molar-refractivity contribution in [3.8, 4) is 0 Å². The third-order valence-corrected chi connectivity index (χ3v) is 3.73. The average molecular weight is 337 g/mol. The summed E-state index contributed by atoms with van der Waals surface area (Å²) in [5.41, 5.74) is 5.43. The molecule has 0 fully saturated rings. The van der Waals surface area contributed by atoms with Crippen LogP contribution >= 0.6 is 0 Å². The summed E-state index contributed by atoms with van der Waals surface area (Å²) in [6.45, 7) is 4.65. The van der Waals surface area contributed by atoms with Crippen molar-refractivity contribution in [2.45, 2.75) is 26.2 Å². The third-order valence-electron chi connectivity index (χ3n) is 3.73. The van der Waals surface area contributed by atoms with Gasteiger partial charge in [0.2, 0.25) is 0 Å². The standard InChI is InChI=1S/C20H23N3O2/c1-15(2)18-10-8-17(9-11-18)14-22-23-20(25)19(24)21-13-12-16-6-4-3-5-7-16/h3-11,14-15H,12-13H2,1-2H3,(H,21,24)(H,23,25)/b22-14+. The van der Waals surface area contributed by atoms with Crippen molar-refractivity contribution in [3.05, 3.63) is 71.3 Å². The van der Waals surface area contributed by atoms with Crippen LogP contribution in [0.4, 0.5) is 0 Å². The largest absolute Gasteiger partial charge is 0.347 e. The molecule has 2 rings (SSSR count). The van der Waals surface area contributed by atoms with Crippen LogP contribution < -0.4 is 10.7 Å². The summed E-state index contributed by atoms with van der Waals surface area (Å²) in [6.07, 6.45) is 2.19.